The molecule has 1 fully saturated rings. The Morgan fingerprint density at radius 2 is 2.27 bits per heavy atom. The highest BCUT2D eigenvalue weighted by Crippen LogP contribution is 2.32. The van der Waals surface area contributed by atoms with Crippen molar-refractivity contribution in [3.05, 3.63) is 21.8 Å². The number of hydrogen-bond acceptors (Lipinski definition) is 3. The minimum absolute atomic E-state index is 0.210. The number of nitrogens with two attached hydrogens (primary N) is 1. The average Bonchev–Trinajstić information content (AvgIpc) is 2.99. The van der Waals surface area contributed by atoms with Crippen molar-refractivity contribution in [2.45, 2.75) is 18.9 Å². The molecule has 0 bridgehead atoms. The third-order valence-electron chi connectivity index (χ3n) is 2.66. The topological polar surface area (TPSA) is 58.3 Å². The predicted molar refractivity (Wildman–Crippen MR) is 70.8 cm³/mol. The fraction of sp³-hybridized carbons (Fsp3) is 0.455. The van der Waals surface area contributed by atoms with Crippen LogP contribution in [0.3, 0.4) is 0 Å². The van der Waals surface area contributed by atoms with Crippen molar-refractivity contribution in [3.63, 3.8) is 0 Å². The van der Waals surface area contributed by atoms with Crippen LogP contribution in [0.5, 0.6) is 0 Å². The standard InChI is InChI=1S/C11H15IN2O/c12-9-5-8(13)3-4-10(9)14-6-11(15)7-1-2-7/h3-5,7,11,14-15H,1-2,6,13H2. The van der Waals surface area contributed by atoms with Gasteiger partial charge in [0.05, 0.1) is 6.10 Å². The zero-order valence-electron chi connectivity index (χ0n) is 8.41. The van der Waals surface area contributed by atoms with Crippen molar-refractivity contribution in [1.82, 2.24) is 0 Å². The zero-order chi connectivity index (χ0) is 10.8. The maximum Gasteiger partial charge on any atom is 0.0740 e. The second-order valence-corrected chi connectivity index (χ2v) is 5.19. The maximum atomic E-state index is 9.71. The summed E-state index contributed by atoms with van der Waals surface area (Å²) in [6, 6.07) is 5.75. The first kappa shape index (κ1) is 11.0. The molecule has 3 nitrogen and oxygen atoms in total. The first-order valence-electron chi connectivity index (χ1n) is 5.14. The van der Waals surface area contributed by atoms with Crippen molar-refractivity contribution in [2.24, 2.45) is 5.92 Å². The van der Waals surface area contributed by atoms with Crippen LogP contribution in [0, 0.1) is 9.49 Å². The fourth-order valence-electron chi connectivity index (χ4n) is 1.54. The third kappa shape index (κ3) is 2.98. The van der Waals surface area contributed by atoms with Crippen LogP contribution in [0.15, 0.2) is 18.2 Å². The molecule has 0 radical (unpaired) electrons. The van der Waals surface area contributed by atoms with Crippen molar-refractivity contribution in [1.29, 1.82) is 0 Å². The van der Waals surface area contributed by atoms with Gasteiger partial charge in [-0.05, 0) is 59.5 Å². The Balaban J connectivity index is 1.92. The summed E-state index contributed by atoms with van der Waals surface area (Å²) in [5.41, 5.74) is 7.48. The highest BCUT2D eigenvalue weighted by Gasteiger charge is 2.29. The second kappa shape index (κ2) is 4.57. The number of benzene rings is 1. The lowest BCUT2D eigenvalue weighted by molar-refractivity contribution is 0.164. The van der Waals surface area contributed by atoms with Gasteiger partial charge >= 0.3 is 0 Å². The highest BCUT2D eigenvalue weighted by molar-refractivity contribution is 14.1. The highest BCUT2D eigenvalue weighted by atomic mass is 127. The Morgan fingerprint density at radius 3 is 2.87 bits per heavy atom. The normalized spacial score (nSPS) is 17.5. The van der Waals surface area contributed by atoms with Gasteiger partial charge in [-0.25, -0.2) is 0 Å². The van der Waals surface area contributed by atoms with Gasteiger partial charge in [0.15, 0.2) is 0 Å². The molecule has 1 saturated carbocycles. The van der Waals surface area contributed by atoms with Crippen LogP contribution < -0.4 is 11.1 Å². The molecule has 1 atom stereocenters. The van der Waals surface area contributed by atoms with E-state index in [2.05, 4.69) is 27.9 Å². The van der Waals surface area contributed by atoms with Crippen LogP contribution in [0.2, 0.25) is 0 Å². The van der Waals surface area contributed by atoms with Gasteiger partial charge < -0.3 is 16.2 Å². The van der Waals surface area contributed by atoms with Crippen LogP contribution in [0.4, 0.5) is 11.4 Å². The van der Waals surface area contributed by atoms with Gasteiger partial charge in [0.25, 0.3) is 0 Å². The van der Waals surface area contributed by atoms with Gasteiger partial charge in [-0.2, -0.15) is 0 Å². The molecule has 15 heavy (non-hydrogen) atoms. The van der Waals surface area contributed by atoms with Crippen LogP contribution in [0.25, 0.3) is 0 Å². The second-order valence-electron chi connectivity index (χ2n) is 4.02. The SMILES string of the molecule is Nc1ccc(NCC(O)C2CC2)c(I)c1. The van der Waals surface area contributed by atoms with Gasteiger partial charge in [-0.3, -0.25) is 0 Å². The lowest BCUT2D eigenvalue weighted by Gasteiger charge is -2.13. The molecule has 0 spiro atoms. The van der Waals surface area contributed by atoms with Crippen molar-refractivity contribution in [3.8, 4) is 0 Å². The number of rotatable bonds is 4. The third-order valence-corrected chi connectivity index (χ3v) is 3.55. The smallest absolute Gasteiger partial charge is 0.0740 e. The van der Waals surface area contributed by atoms with Gasteiger partial charge in [0.1, 0.15) is 0 Å². The average molecular weight is 318 g/mol. The Kier molecular flexibility index (Phi) is 3.35. The largest absolute Gasteiger partial charge is 0.399 e. The summed E-state index contributed by atoms with van der Waals surface area (Å²) in [6.45, 7) is 0.630. The van der Waals surface area contributed by atoms with E-state index in [1.165, 1.54) is 12.8 Å². The quantitative estimate of drug-likeness (QED) is 0.588. The minimum Gasteiger partial charge on any atom is -0.399 e. The molecule has 1 aromatic rings. The molecular formula is C11H15IN2O. The van der Waals surface area contributed by atoms with E-state index in [1.807, 2.05) is 18.2 Å². The van der Waals surface area contributed by atoms with E-state index >= 15 is 0 Å². The Hall–Kier alpha value is -0.490. The summed E-state index contributed by atoms with van der Waals surface area (Å²) >= 11 is 2.24. The Bertz CT molecular complexity index is 352. The Labute approximate surface area is 103 Å². The first-order valence-corrected chi connectivity index (χ1v) is 6.21. The summed E-state index contributed by atoms with van der Waals surface area (Å²) in [5.74, 6) is 0.518. The number of hydrogen-bond donors (Lipinski definition) is 3. The van der Waals surface area contributed by atoms with Gasteiger partial charge in [-0.1, -0.05) is 0 Å². The van der Waals surface area contributed by atoms with E-state index in [0.717, 1.165) is 14.9 Å². The molecule has 0 heterocycles. The molecule has 2 rings (SSSR count). The van der Waals surface area contributed by atoms with E-state index in [4.69, 9.17) is 5.73 Å². The molecule has 1 unspecified atom stereocenters. The summed E-state index contributed by atoms with van der Waals surface area (Å²) in [4.78, 5) is 0. The van der Waals surface area contributed by atoms with Crippen LogP contribution >= 0.6 is 22.6 Å². The minimum atomic E-state index is -0.210. The van der Waals surface area contributed by atoms with Gasteiger partial charge in [0, 0.05) is 21.5 Å². The molecule has 4 N–H and O–H groups in total. The van der Waals surface area contributed by atoms with Crippen LogP contribution in [0.1, 0.15) is 12.8 Å². The molecule has 1 aliphatic rings. The molecule has 0 amide bonds. The van der Waals surface area contributed by atoms with Crippen molar-refractivity contribution < 1.29 is 5.11 Å². The van der Waals surface area contributed by atoms with Crippen molar-refractivity contribution in [2.75, 3.05) is 17.6 Å². The van der Waals surface area contributed by atoms with Crippen molar-refractivity contribution >= 4 is 34.0 Å². The maximum absolute atomic E-state index is 9.71. The van der Waals surface area contributed by atoms with E-state index in [-0.39, 0.29) is 6.10 Å². The molecule has 82 valence electrons. The summed E-state index contributed by atoms with van der Waals surface area (Å²) in [7, 11) is 0. The van der Waals surface area contributed by atoms with Crippen LogP contribution in [-0.4, -0.2) is 17.8 Å². The summed E-state index contributed by atoms with van der Waals surface area (Å²) < 4.78 is 1.09. The lowest BCUT2D eigenvalue weighted by Crippen LogP contribution is -2.21. The number of aliphatic hydroxyl groups excluding tert-OH is 1. The number of anilines is 2. The molecular weight excluding hydrogens is 303 g/mol. The molecule has 0 aliphatic heterocycles. The predicted octanol–water partition coefficient (Wildman–Crippen LogP) is 2.06. The van der Waals surface area contributed by atoms with Crippen LogP contribution in [-0.2, 0) is 0 Å². The number of nitrogen functional groups attached to an aromatic ring is 1. The number of aliphatic hydroxyl groups is 1. The lowest BCUT2D eigenvalue weighted by atomic mass is 10.2. The monoisotopic (exact) mass is 318 g/mol. The zero-order valence-corrected chi connectivity index (χ0v) is 10.6. The Morgan fingerprint density at radius 1 is 1.53 bits per heavy atom. The van der Waals surface area contributed by atoms with E-state index in [1.54, 1.807) is 0 Å². The molecule has 4 heteroatoms. The molecule has 1 aliphatic carbocycles. The first-order chi connectivity index (χ1) is 7.16. The fourth-order valence-corrected chi connectivity index (χ4v) is 2.27. The van der Waals surface area contributed by atoms with E-state index in [0.29, 0.717) is 12.5 Å². The number of halogens is 1. The van der Waals surface area contributed by atoms with Gasteiger partial charge in [0.2, 0.25) is 0 Å². The van der Waals surface area contributed by atoms with E-state index < -0.39 is 0 Å². The summed E-state index contributed by atoms with van der Waals surface area (Å²) in [6.07, 6.45) is 2.13. The molecule has 0 saturated heterocycles. The van der Waals surface area contributed by atoms with Gasteiger partial charge in [-0.15, -0.1) is 0 Å². The molecule has 0 aromatic heterocycles. The summed E-state index contributed by atoms with van der Waals surface area (Å²) in [5, 5.41) is 13.0. The van der Waals surface area contributed by atoms with E-state index in [9.17, 15) is 5.11 Å². The number of nitrogens with one attached hydrogen (secondary N) is 1. The molecule has 1 aromatic carbocycles.